The van der Waals surface area contributed by atoms with Crippen molar-refractivity contribution in [1.29, 1.82) is 0 Å². The summed E-state index contributed by atoms with van der Waals surface area (Å²) >= 11 is 1.88. The van der Waals surface area contributed by atoms with Gasteiger partial charge in [0.25, 0.3) is 0 Å². The molecular weight excluding hydrogens is 639 g/mol. The monoisotopic (exact) mass is 667 g/mol. The van der Waals surface area contributed by atoms with E-state index in [0.29, 0.717) is 0 Å². The number of benzene rings is 9. The molecule has 238 valence electrons. The molecule has 0 saturated heterocycles. The zero-order chi connectivity index (χ0) is 33.5. The molecule has 0 spiro atoms. The number of rotatable bonds is 4. The summed E-state index contributed by atoms with van der Waals surface area (Å²) < 4.78 is 9.04. The Morgan fingerprint density at radius 2 is 1.02 bits per heavy atom. The lowest BCUT2D eigenvalue weighted by Gasteiger charge is -2.27. The molecule has 0 amide bonds. The van der Waals surface area contributed by atoms with Gasteiger partial charge in [0.1, 0.15) is 11.2 Å². The maximum atomic E-state index is 6.48. The zero-order valence-electron chi connectivity index (χ0n) is 27.5. The predicted molar refractivity (Wildman–Crippen MR) is 219 cm³/mol. The Labute approximate surface area is 298 Å². The van der Waals surface area contributed by atoms with Crippen LogP contribution < -0.4 is 4.90 Å². The van der Waals surface area contributed by atoms with Crippen molar-refractivity contribution >= 4 is 103 Å². The number of anilines is 3. The fourth-order valence-electron chi connectivity index (χ4n) is 8.08. The van der Waals surface area contributed by atoms with Gasteiger partial charge in [0, 0.05) is 53.9 Å². The van der Waals surface area contributed by atoms with E-state index < -0.39 is 0 Å². The van der Waals surface area contributed by atoms with E-state index in [4.69, 9.17) is 4.42 Å². The average molecular weight is 668 g/mol. The van der Waals surface area contributed by atoms with Gasteiger partial charge in [-0.15, -0.1) is 11.3 Å². The van der Waals surface area contributed by atoms with E-state index in [2.05, 4.69) is 169 Å². The van der Waals surface area contributed by atoms with Gasteiger partial charge in [0.2, 0.25) is 0 Å². The molecule has 0 fully saturated rings. The molecule has 0 saturated carbocycles. The van der Waals surface area contributed by atoms with Crippen molar-refractivity contribution in [2.45, 2.75) is 0 Å². The Morgan fingerprint density at radius 1 is 0.392 bits per heavy atom. The molecule has 9 aromatic carbocycles. The summed E-state index contributed by atoms with van der Waals surface area (Å²) in [4.78, 5) is 2.43. The van der Waals surface area contributed by atoms with Crippen LogP contribution in [-0.4, -0.2) is 0 Å². The number of thiophene rings is 1. The van der Waals surface area contributed by atoms with Gasteiger partial charge in [-0.2, -0.15) is 0 Å². The van der Waals surface area contributed by atoms with E-state index in [1.54, 1.807) is 0 Å². The van der Waals surface area contributed by atoms with Crippen LogP contribution in [0.2, 0.25) is 0 Å². The number of nitrogens with zero attached hydrogens (tertiary/aromatic N) is 1. The van der Waals surface area contributed by atoms with Gasteiger partial charge >= 0.3 is 0 Å². The summed E-state index contributed by atoms with van der Waals surface area (Å²) in [5.74, 6) is 0. The minimum Gasteiger partial charge on any atom is -0.456 e. The molecule has 2 nitrogen and oxygen atoms in total. The SMILES string of the molecule is c1ccc2c(-c3ccc(N(c4ccc5c(c4)oc4ccccc45)c4ccc5ccc6ccccc6c5c4)c4c3sc3ccccc34)cccc2c1. The molecule has 51 heavy (non-hydrogen) atoms. The first-order valence-electron chi connectivity index (χ1n) is 17.3. The molecule has 0 N–H and O–H groups in total. The van der Waals surface area contributed by atoms with Crippen LogP contribution in [0.15, 0.2) is 180 Å². The van der Waals surface area contributed by atoms with Gasteiger partial charge < -0.3 is 9.32 Å². The van der Waals surface area contributed by atoms with Crippen LogP contribution in [0.25, 0.3) is 85.6 Å². The van der Waals surface area contributed by atoms with E-state index in [1.807, 2.05) is 23.5 Å². The second kappa shape index (κ2) is 11.0. The summed E-state index contributed by atoms with van der Waals surface area (Å²) in [6, 6.07) is 63.8. The molecule has 3 heteroatoms. The topological polar surface area (TPSA) is 16.4 Å². The third-order valence-corrected chi connectivity index (χ3v) is 11.6. The number of hydrogen-bond acceptors (Lipinski definition) is 3. The lowest BCUT2D eigenvalue weighted by atomic mass is 9.95. The lowest BCUT2D eigenvalue weighted by molar-refractivity contribution is 0.669. The first-order valence-corrected chi connectivity index (χ1v) is 18.2. The van der Waals surface area contributed by atoms with Gasteiger partial charge in [-0.25, -0.2) is 0 Å². The highest BCUT2D eigenvalue weighted by atomic mass is 32.1. The Kier molecular flexibility index (Phi) is 6.16. The third kappa shape index (κ3) is 4.35. The number of fused-ring (bicyclic) bond motifs is 10. The van der Waals surface area contributed by atoms with Gasteiger partial charge in [0.05, 0.1) is 5.69 Å². The Bertz CT molecular complexity index is 3160. The highest BCUT2D eigenvalue weighted by Crippen LogP contribution is 2.50. The van der Waals surface area contributed by atoms with Crippen LogP contribution in [0.4, 0.5) is 17.1 Å². The fourth-order valence-corrected chi connectivity index (χ4v) is 9.33. The molecule has 11 rings (SSSR count). The zero-order valence-corrected chi connectivity index (χ0v) is 28.3. The van der Waals surface area contributed by atoms with Crippen molar-refractivity contribution in [3.8, 4) is 11.1 Å². The lowest BCUT2D eigenvalue weighted by Crippen LogP contribution is -2.10. The normalized spacial score (nSPS) is 11.9. The Morgan fingerprint density at radius 3 is 1.90 bits per heavy atom. The first-order chi connectivity index (χ1) is 25.3. The van der Waals surface area contributed by atoms with Crippen LogP contribution in [0.5, 0.6) is 0 Å². The molecule has 0 aliphatic rings. The predicted octanol–water partition coefficient (Wildman–Crippen LogP) is 14.6. The van der Waals surface area contributed by atoms with Crippen LogP contribution >= 0.6 is 11.3 Å². The van der Waals surface area contributed by atoms with Crippen molar-refractivity contribution in [3.05, 3.63) is 176 Å². The van der Waals surface area contributed by atoms with E-state index in [9.17, 15) is 0 Å². The molecular formula is C48H29NOS. The van der Waals surface area contributed by atoms with Crippen LogP contribution in [0.3, 0.4) is 0 Å². The van der Waals surface area contributed by atoms with E-state index in [0.717, 1.165) is 39.0 Å². The Hall–Kier alpha value is -6.42. The maximum Gasteiger partial charge on any atom is 0.137 e. The fraction of sp³-hybridized carbons (Fsp3) is 0. The molecule has 0 aliphatic carbocycles. The van der Waals surface area contributed by atoms with Gasteiger partial charge in [-0.05, 0) is 80.3 Å². The average Bonchev–Trinajstić information content (AvgIpc) is 3.77. The molecule has 11 aromatic rings. The van der Waals surface area contributed by atoms with Crippen LogP contribution in [0.1, 0.15) is 0 Å². The second-order valence-corrected chi connectivity index (χ2v) is 14.3. The summed E-state index contributed by atoms with van der Waals surface area (Å²) in [5, 5.41) is 12.2. The Balaban J connectivity index is 1.23. The smallest absolute Gasteiger partial charge is 0.137 e. The molecule has 0 bridgehead atoms. The van der Waals surface area contributed by atoms with Gasteiger partial charge in [-0.1, -0.05) is 127 Å². The molecule has 2 aromatic heterocycles. The summed E-state index contributed by atoms with van der Waals surface area (Å²) in [6.07, 6.45) is 0. The minimum absolute atomic E-state index is 0.878. The highest BCUT2D eigenvalue weighted by Gasteiger charge is 2.23. The van der Waals surface area contributed by atoms with Crippen molar-refractivity contribution in [1.82, 2.24) is 0 Å². The van der Waals surface area contributed by atoms with Crippen LogP contribution in [-0.2, 0) is 0 Å². The van der Waals surface area contributed by atoms with Crippen molar-refractivity contribution in [2.75, 3.05) is 4.90 Å². The summed E-state index contributed by atoms with van der Waals surface area (Å²) in [6.45, 7) is 0. The van der Waals surface area contributed by atoms with Gasteiger partial charge in [-0.3, -0.25) is 0 Å². The molecule has 0 radical (unpaired) electrons. The van der Waals surface area contributed by atoms with Crippen molar-refractivity contribution < 1.29 is 4.42 Å². The summed E-state index contributed by atoms with van der Waals surface area (Å²) in [7, 11) is 0. The number of hydrogen-bond donors (Lipinski definition) is 0. The van der Waals surface area contributed by atoms with E-state index >= 15 is 0 Å². The molecule has 0 unspecified atom stereocenters. The quantitative estimate of drug-likeness (QED) is 0.174. The third-order valence-electron chi connectivity index (χ3n) is 10.4. The number of para-hydroxylation sites is 1. The van der Waals surface area contributed by atoms with E-state index in [1.165, 1.54) is 63.6 Å². The highest BCUT2D eigenvalue weighted by molar-refractivity contribution is 7.26. The maximum absolute atomic E-state index is 6.48. The van der Waals surface area contributed by atoms with Crippen molar-refractivity contribution in [3.63, 3.8) is 0 Å². The van der Waals surface area contributed by atoms with Crippen LogP contribution in [0, 0.1) is 0 Å². The minimum atomic E-state index is 0.878. The second-order valence-electron chi connectivity index (χ2n) is 13.3. The van der Waals surface area contributed by atoms with Crippen molar-refractivity contribution in [2.24, 2.45) is 0 Å². The standard InChI is InChI=1S/C48H29NOS/c1-3-13-35-30(10-1)12-9-17-37(35)40-26-27-43(47-41-16-6-8-19-46(41)51-48(40)47)49(34-24-25-39-38-15-5-7-18-44(38)50-45(39)29-34)33-23-22-32-21-20-31-11-2-4-14-36(31)42(32)28-33/h1-29H. The number of furan rings is 1. The molecule has 0 aliphatic heterocycles. The van der Waals surface area contributed by atoms with Gasteiger partial charge in [0.15, 0.2) is 0 Å². The van der Waals surface area contributed by atoms with E-state index in [-0.39, 0.29) is 0 Å². The summed E-state index contributed by atoms with van der Waals surface area (Å²) in [5.41, 5.74) is 7.58. The first kappa shape index (κ1) is 28.4. The largest absolute Gasteiger partial charge is 0.456 e. The molecule has 2 heterocycles. The molecule has 0 atom stereocenters.